The van der Waals surface area contributed by atoms with Crippen LogP contribution in [0, 0.1) is 0 Å². The maximum atomic E-state index is 12.4. The molecule has 0 atom stereocenters. The van der Waals surface area contributed by atoms with Gasteiger partial charge in [0.1, 0.15) is 0 Å². The Morgan fingerprint density at radius 1 is 1.03 bits per heavy atom. The molecule has 0 bridgehead atoms. The number of thioether (sulfide) groups is 1. The largest absolute Gasteiger partial charge is 0.272 e. The van der Waals surface area contributed by atoms with E-state index in [1.54, 1.807) is 0 Å². The van der Waals surface area contributed by atoms with Crippen LogP contribution in [0.15, 0.2) is 93.6 Å². The summed E-state index contributed by atoms with van der Waals surface area (Å²) in [6.45, 7) is 1.85. The highest BCUT2D eigenvalue weighted by molar-refractivity contribution is 9.10. The van der Waals surface area contributed by atoms with Gasteiger partial charge >= 0.3 is 0 Å². The zero-order valence-corrected chi connectivity index (χ0v) is 20.7. The van der Waals surface area contributed by atoms with Crippen LogP contribution in [-0.2, 0) is 4.79 Å². The first-order valence-electron chi connectivity index (χ1n) is 10.00. The summed E-state index contributed by atoms with van der Waals surface area (Å²) in [6.07, 6.45) is 0. The van der Waals surface area contributed by atoms with Crippen LogP contribution in [0.5, 0.6) is 0 Å². The van der Waals surface area contributed by atoms with Gasteiger partial charge in [0.05, 0.1) is 11.5 Å². The standard InChI is InChI=1S/C24H19BrClN5OS/c1-16(17-7-11-19(25)12-8-17)27-28-22(32)15-33-24-30-29-23(18-9-13-20(26)14-10-18)31(24)21-5-3-2-4-6-21/h2-14H,15H2,1H3,(H,28,32)/b27-16+. The van der Waals surface area contributed by atoms with Crippen LogP contribution in [-0.4, -0.2) is 32.1 Å². The van der Waals surface area contributed by atoms with Crippen LogP contribution < -0.4 is 5.43 Å². The average molecular weight is 541 g/mol. The Morgan fingerprint density at radius 2 is 1.73 bits per heavy atom. The topological polar surface area (TPSA) is 72.2 Å². The molecule has 1 aromatic heterocycles. The molecule has 0 spiro atoms. The lowest BCUT2D eigenvalue weighted by molar-refractivity contribution is -0.118. The minimum Gasteiger partial charge on any atom is -0.272 e. The first-order valence-corrected chi connectivity index (χ1v) is 12.2. The highest BCUT2D eigenvalue weighted by atomic mass is 79.9. The second-order valence-corrected chi connectivity index (χ2v) is 9.31. The van der Waals surface area contributed by atoms with E-state index in [4.69, 9.17) is 11.6 Å². The summed E-state index contributed by atoms with van der Waals surface area (Å²) >= 11 is 10.7. The van der Waals surface area contributed by atoms with Gasteiger partial charge in [-0.2, -0.15) is 5.10 Å². The molecule has 0 fully saturated rings. The summed E-state index contributed by atoms with van der Waals surface area (Å²) in [4.78, 5) is 12.4. The fourth-order valence-corrected chi connectivity index (χ4v) is 4.16. The number of aromatic nitrogens is 3. The van der Waals surface area contributed by atoms with E-state index in [1.165, 1.54) is 11.8 Å². The summed E-state index contributed by atoms with van der Waals surface area (Å²) in [6, 6.07) is 24.9. The molecule has 0 saturated carbocycles. The normalized spacial score (nSPS) is 11.4. The van der Waals surface area contributed by atoms with Crippen LogP contribution >= 0.6 is 39.3 Å². The van der Waals surface area contributed by atoms with Crippen molar-refractivity contribution in [2.24, 2.45) is 5.10 Å². The first-order chi connectivity index (χ1) is 16.0. The second-order valence-electron chi connectivity index (χ2n) is 7.01. The van der Waals surface area contributed by atoms with Gasteiger partial charge in [0, 0.05) is 20.7 Å². The van der Waals surface area contributed by atoms with Crippen LogP contribution in [0.4, 0.5) is 0 Å². The number of carbonyl (C=O) groups is 1. The Bertz CT molecular complexity index is 1270. The molecule has 4 aromatic rings. The van der Waals surface area contributed by atoms with Crippen LogP contribution in [0.2, 0.25) is 5.02 Å². The Kier molecular flexibility index (Phi) is 7.59. The van der Waals surface area contributed by atoms with Crippen molar-refractivity contribution >= 4 is 50.9 Å². The molecular weight excluding hydrogens is 522 g/mol. The molecule has 6 nitrogen and oxygen atoms in total. The third-order valence-electron chi connectivity index (χ3n) is 4.69. The van der Waals surface area contributed by atoms with Gasteiger partial charge < -0.3 is 0 Å². The molecule has 33 heavy (non-hydrogen) atoms. The minimum absolute atomic E-state index is 0.142. The maximum Gasteiger partial charge on any atom is 0.250 e. The molecule has 1 N–H and O–H groups in total. The molecule has 0 saturated heterocycles. The van der Waals surface area contributed by atoms with E-state index in [1.807, 2.05) is 90.4 Å². The van der Waals surface area contributed by atoms with Gasteiger partial charge in [0.15, 0.2) is 11.0 Å². The van der Waals surface area contributed by atoms with Crippen molar-refractivity contribution in [2.45, 2.75) is 12.1 Å². The summed E-state index contributed by atoms with van der Waals surface area (Å²) < 4.78 is 2.91. The molecule has 4 rings (SSSR count). The van der Waals surface area contributed by atoms with Gasteiger partial charge in [0.2, 0.25) is 0 Å². The third kappa shape index (κ3) is 5.90. The number of hydrogen-bond acceptors (Lipinski definition) is 5. The van der Waals surface area contributed by atoms with Crippen molar-refractivity contribution in [3.63, 3.8) is 0 Å². The van der Waals surface area contributed by atoms with Gasteiger partial charge in [-0.15, -0.1) is 10.2 Å². The lowest BCUT2D eigenvalue weighted by Gasteiger charge is -2.10. The molecular formula is C24H19BrClN5OS. The monoisotopic (exact) mass is 539 g/mol. The lowest BCUT2D eigenvalue weighted by atomic mass is 10.1. The van der Waals surface area contributed by atoms with E-state index < -0.39 is 0 Å². The molecule has 1 amide bonds. The number of benzene rings is 3. The van der Waals surface area contributed by atoms with Crippen molar-refractivity contribution in [3.8, 4) is 17.1 Å². The van der Waals surface area contributed by atoms with Gasteiger partial charge in [0.25, 0.3) is 5.91 Å². The second kappa shape index (κ2) is 10.8. The fourth-order valence-electron chi connectivity index (χ4n) is 3.02. The summed E-state index contributed by atoms with van der Waals surface area (Å²) in [5.74, 6) is 0.583. The number of rotatable bonds is 7. The Morgan fingerprint density at radius 3 is 2.42 bits per heavy atom. The third-order valence-corrected chi connectivity index (χ3v) is 6.40. The van der Waals surface area contributed by atoms with E-state index in [2.05, 4.69) is 36.7 Å². The number of carbonyl (C=O) groups excluding carboxylic acids is 1. The van der Waals surface area contributed by atoms with Crippen molar-refractivity contribution in [2.75, 3.05) is 5.75 Å². The van der Waals surface area contributed by atoms with Crippen molar-refractivity contribution < 1.29 is 4.79 Å². The minimum atomic E-state index is -0.230. The van der Waals surface area contributed by atoms with E-state index in [0.717, 1.165) is 27.0 Å². The maximum absolute atomic E-state index is 12.4. The number of para-hydroxylation sites is 1. The number of halogens is 2. The number of hydrogen-bond donors (Lipinski definition) is 1. The highest BCUT2D eigenvalue weighted by Gasteiger charge is 2.17. The SMILES string of the molecule is C/C(=N\NC(=O)CSc1nnc(-c2ccc(Cl)cc2)n1-c1ccccc1)c1ccc(Br)cc1. The zero-order chi connectivity index (χ0) is 23.2. The van der Waals surface area contributed by atoms with Gasteiger partial charge in [-0.25, -0.2) is 5.43 Å². The van der Waals surface area contributed by atoms with Crippen LogP contribution in [0.1, 0.15) is 12.5 Å². The molecule has 0 unspecified atom stereocenters. The lowest BCUT2D eigenvalue weighted by Crippen LogP contribution is -2.21. The quantitative estimate of drug-likeness (QED) is 0.178. The summed E-state index contributed by atoms with van der Waals surface area (Å²) in [5.41, 5.74) is 6.05. The van der Waals surface area contributed by atoms with Crippen molar-refractivity contribution in [3.05, 3.63) is 93.9 Å². The van der Waals surface area contributed by atoms with Crippen LogP contribution in [0.3, 0.4) is 0 Å². The molecule has 3 aromatic carbocycles. The van der Waals surface area contributed by atoms with Gasteiger partial charge in [-0.3, -0.25) is 9.36 Å². The van der Waals surface area contributed by atoms with E-state index in [9.17, 15) is 4.79 Å². The molecule has 0 aliphatic heterocycles. The molecule has 0 radical (unpaired) electrons. The molecule has 166 valence electrons. The summed E-state index contributed by atoms with van der Waals surface area (Å²) in [5, 5.41) is 14.2. The summed E-state index contributed by atoms with van der Waals surface area (Å²) in [7, 11) is 0. The smallest absolute Gasteiger partial charge is 0.250 e. The van der Waals surface area contributed by atoms with E-state index >= 15 is 0 Å². The number of nitrogens with one attached hydrogen (secondary N) is 1. The average Bonchev–Trinajstić information content (AvgIpc) is 3.26. The van der Waals surface area contributed by atoms with Crippen molar-refractivity contribution in [1.29, 1.82) is 0 Å². The Balaban J connectivity index is 1.51. The number of nitrogens with zero attached hydrogens (tertiary/aromatic N) is 4. The predicted molar refractivity (Wildman–Crippen MR) is 137 cm³/mol. The van der Waals surface area contributed by atoms with Gasteiger partial charge in [-0.1, -0.05) is 69.6 Å². The van der Waals surface area contributed by atoms with E-state index in [-0.39, 0.29) is 11.7 Å². The first kappa shape index (κ1) is 23.2. The van der Waals surface area contributed by atoms with E-state index in [0.29, 0.717) is 16.0 Å². The predicted octanol–water partition coefficient (Wildman–Crippen LogP) is 5.98. The Labute approximate surface area is 209 Å². The molecule has 0 aliphatic rings. The molecule has 1 heterocycles. The Hall–Kier alpha value is -2.94. The molecule has 9 heteroatoms. The molecule has 0 aliphatic carbocycles. The number of amides is 1. The van der Waals surface area contributed by atoms with Gasteiger partial charge in [-0.05, 0) is 61.0 Å². The van der Waals surface area contributed by atoms with Crippen molar-refractivity contribution in [1.82, 2.24) is 20.2 Å². The fraction of sp³-hybridized carbons (Fsp3) is 0.0833. The highest BCUT2D eigenvalue weighted by Crippen LogP contribution is 2.28. The van der Waals surface area contributed by atoms with Crippen LogP contribution in [0.25, 0.3) is 17.1 Å². The number of hydrazone groups is 1. The zero-order valence-electron chi connectivity index (χ0n) is 17.6.